The summed E-state index contributed by atoms with van der Waals surface area (Å²) < 4.78 is 3.22. The van der Waals surface area contributed by atoms with Crippen molar-refractivity contribution in [2.45, 2.75) is 18.6 Å². The first-order valence-corrected chi connectivity index (χ1v) is 11.0. The number of benzene rings is 2. The number of aryl methyl sites for hydroxylation is 1. The van der Waals surface area contributed by atoms with Gasteiger partial charge in [0.25, 0.3) is 0 Å². The SMILES string of the molecule is C=CCn1c(SCC(=O)Nc2ccccc2C)nnc1-c1csc2ccccc12. The van der Waals surface area contributed by atoms with Gasteiger partial charge in [-0.1, -0.05) is 54.2 Å². The van der Waals surface area contributed by atoms with Gasteiger partial charge in [0.15, 0.2) is 11.0 Å². The molecule has 29 heavy (non-hydrogen) atoms. The van der Waals surface area contributed by atoms with Crippen LogP contribution in [0.3, 0.4) is 0 Å². The molecule has 1 amide bonds. The molecule has 2 heterocycles. The number of nitrogens with one attached hydrogen (secondary N) is 1. The van der Waals surface area contributed by atoms with Crippen LogP contribution in [0.25, 0.3) is 21.5 Å². The van der Waals surface area contributed by atoms with Crippen molar-refractivity contribution in [2.75, 3.05) is 11.1 Å². The molecule has 2 aromatic heterocycles. The molecule has 0 radical (unpaired) electrons. The second-order valence-electron chi connectivity index (χ2n) is 6.50. The van der Waals surface area contributed by atoms with Gasteiger partial charge in [-0.05, 0) is 24.6 Å². The first kappa shape index (κ1) is 19.4. The third kappa shape index (κ3) is 4.11. The zero-order chi connectivity index (χ0) is 20.2. The van der Waals surface area contributed by atoms with Gasteiger partial charge in [-0.25, -0.2) is 0 Å². The summed E-state index contributed by atoms with van der Waals surface area (Å²) in [4.78, 5) is 12.4. The van der Waals surface area contributed by atoms with E-state index in [1.54, 1.807) is 11.3 Å². The van der Waals surface area contributed by atoms with Crippen molar-refractivity contribution in [1.82, 2.24) is 14.8 Å². The van der Waals surface area contributed by atoms with Gasteiger partial charge in [0, 0.05) is 33.3 Å². The minimum Gasteiger partial charge on any atom is -0.325 e. The Hall–Kier alpha value is -2.90. The molecule has 7 heteroatoms. The number of fused-ring (bicyclic) bond motifs is 1. The van der Waals surface area contributed by atoms with E-state index in [0.29, 0.717) is 11.7 Å². The molecule has 0 spiro atoms. The van der Waals surface area contributed by atoms with Crippen LogP contribution in [0.15, 0.2) is 71.7 Å². The van der Waals surface area contributed by atoms with E-state index in [4.69, 9.17) is 0 Å². The molecule has 2 aromatic carbocycles. The van der Waals surface area contributed by atoms with Gasteiger partial charge >= 0.3 is 0 Å². The molecule has 0 saturated heterocycles. The van der Waals surface area contributed by atoms with Gasteiger partial charge in [-0.15, -0.1) is 28.1 Å². The van der Waals surface area contributed by atoms with Crippen LogP contribution < -0.4 is 5.32 Å². The van der Waals surface area contributed by atoms with Crippen molar-refractivity contribution in [2.24, 2.45) is 0 Å². The van der Waals surface area contributed by atoms with E-state index in [1.807, 2.05) is 54.0 Å². The van der Waals surface area contributed by atoms with E-state index in [9.17, 15) is 4.79 Å². The van der Waals surface area contributed by atoms with Crippen molar-refractivity contribution in [3.8, 4) is 11.4 Å². The average Bonchev–Trinajstić information content (AvgIpc) is 3.32. The van der Waals surface area contributed by atoms with Crippen LogP contribution in [-0.2, 0) is 11.3 Å². The van der Waals surface area contributed by atoms with E-state index in [0.717, 1.165) is 28.0 Å². The summed E-state index contributed by atoms with van der Waals surface area (Å²) in [7, 11) is 0. The van der Waals surface area contributed by atoms with E-state index in [-0.39, 0.29) is 11.7 Å². The summed E-state index contributed by atoms with van der Waals surface area (Å²) in [6, 6.07) is 16.0. The number of thioether (sulfide) groups is 1. The Morgan fingerprint density at radius 1 is 1.21 bits per heavy atom. The highest BCUT2D eigenvalue weighted by Gasteiger charge is 2.17. The predicted octanol–water partition coefficient (Wildman–Crippen LogP) is 5.39. The highest BCUT2D eigenvalue weighted by atomic mass is 32.2. The molecular weight excluding hydrogens is 400 g/mol. The van der Waals surface area contributed by atoms with Gasteiger partial charge in [-0.3, -0.25) is 9.36 Å². The number of carbonyl (C=O) groups excluding carboxylic acids is 1. The molecule has 146 valence electrons. The molecule has 5 nitrogen and oxygen atoms in total. The maximum Gasteiger partial charge on any atom is 0.234 e. The molecule has 0 aliphatic rings. The van der Waals surface area contributed by atoms with Gasteiger partial charge < -0.3 is 5.32 Å². The molecule has 0 bridgehead atoms. The predicted molar refractivity (Wildman–Crippen MR) is 122 cm³/mol. The van der Waals surface area contributed by atoms with E-state index >= 15 is 0 Å². The minimum atomic E-state index is -0.0695. The third-order valence-corrected chi connectivity index (χ3v) is 6.43. The molecule has 0 aliphatic carbocycles. The monoisotopic (exact) mass is 420 g/mol. The number of thiophene rings is 1. The highest BCUT2D eigenvalue weighted by molar-refractivity contribution is 7.99. The Balaban J connectivity index is 1.55. The number of nitrogens with zero attached hydrogens (tertiary/aromatic N) is 3. The number of anilines is 1. The Morgan fingerprint density at radius 3 is 2.83 bits per heavy atom. The van der Waals surface area contributed by atoms with Crippen molar-refractivity contribution < 1.29 is 4.79 Å². The molecule has 4 aromatic rings. The number of aromatic nitrogens is 3. The Morgan fingerprint density at radius 2 is 2.00 bits per heavy atom. The van der Waals surface area contributed by atoms with Crippen LogP contribution in [0.5, 0.6) is 0 Å². The highest BCUT2D eigenvalue weighted by Crippen LogP contribution is 2.34. The summed E-state index contributed by atoms with van der Waals surface area (Å²) in [5, 5.41) is 15.7. The zero-order valence-electron chi connectivity index (χ0n) is 16.0. The van der Waals surface area contributed by atoms with Gasteiger partial charge in [0.1, 0.15) is 0 Å². The summed E-state index contributed by atoms with van der Waals surface area (Å²) >= 11 is 3.06. The van der Waals surface area contributed by atoms with Crippen LogP contribution in [-0.4, -0.2) is 26.4 Å². The lowest BCUT2D eigenvalue weighted by Crippen LogP contribution is -2.15. The number of rotatable bonds is 7. The number of para-hydroxylation sites is 1. The second kappa shape index (κ2) is 8.63. The van der Waals surface area contributed by atoms with Crippen LogP contribution in [0.2, 0.25) is 0 Å². The smallest absolute Gasteiger partial charge is 0.234 e. The number of hydrogen-bond donors (Lipinski definition) is 1. The number of amides is 1. The van der Waals surface area contributed by atoms with E-state index < -0.39 is 0 Å². The van der Waals surface area contributed by atoms with Crippen molar-refractivity contribution in [3.63, 3.8) is 0 Å². The Labute approximate surface area is 177 Å². The lowest BCUT2D eigenvalue weighted by Gasteiger charge is -2.09. The summed E-state index contributed by atoms with van der Waals surface area (Å²) in [6.45, 7) is 6.41. The third-order valence-electron chi connectivity index (χ3n) is 4.50. The fourth-order valence-corrected chi connectivity index (χ4v) is 4.76. The topological polar surface area (TPSA) is 59.8 Å². The van der Waals surface area contributed by atoms with Gasteiger partial charge in [0.2, 0.25) is 5.91 Å². The first-order valence-electron chi connectivity index (χ1n) is 9.16. The molecule has 0 aliphatic heterocycles. The van der Waals surface area contributed by atoms with Crippen LogP contribution in [0.4, 0.5) is 5.69 Å². The molecule has 1 N–H and O–H groups in total. The minimum absolute atomic E-state index is 0.0695. The van der Waals surface area contributed by atoms with E-state index in [2.05, 4.69) is 39.6 Å². The van der Waals surface area contributed by atoms with Crippen LogP contribution in [0, 0.1) is 6.92 Å². The molecule has 0 atom stereocenters. The lowest BCUT2D eigenvalue weighted by atomic mass is 10.1. The van der Waals surface area contributed by atoms with Crippen LogP contribution >= 0.6 is 23.1 Å². The molecular formula is C22H20N4OS2. The van der Waals surface area contributed by atoms with E-state index in [1.165, 1.54) is 16.5 Å². The molecule has 0 fully saturated rings. The second-order valence-corrected chi connectivity index (χ2v) is 8.36. The average molecular weight is 421 g/mol. The number of allylic oxidation sites excluding steroid dienone is 1. The first-order chi connectivity index (χ1) is 14.2. The maximum absolute atomic E-state index is 12.4. The van der Waals surface area contributed by atoms with Crippen molar-refractivity contribution in [1.29, 1.82) is 0 Å². The molecule has 0 unspecified atom stereocenters. The largest absolute Gasteiger partial charge is 0.325 e. The summed E-state index contributed by atoms with van der Waals surface area (Å²) in [6.07, 6.45) is 1.82. The fraction of sp³-hybridized carbons (Fsp3) is 0.136. The van der Waals surface area contributed by atoms with Crippen molar-refractivity contribution in [3.05, 3.63) is 72.1 Å². The lowest BCUT2D eigenvalue weighted by molar-refractivity contribution is -0.113. The normalized spacial score (nSPS) is 10.9. The van der Waals surface area contributed by atoms with Gasteiger partial charge in [0.05, 0.1) is 5.75 Å². The zero-order valence-corrected chi connectivity index (χ0v) is 17.6. The van der Waals surface area contributed by atoms with Crippen LogP contribution in [0.1, 0.15) is 5.56 Å². The number of carbonyl (C=O) groups is 1. The van der Waals surface area contributed by atoms with Crippen molar-refractivity contribution >= 4 is 44.8 Å². The standard InChI is InChI=1S/C22H20N4OS2/c1-3-12-26-21(17-13-28-19-11-7-5-9-16(17)19)24-25-22(26)29-14-20(27)23-18-10-6-4-8-15(18)2/h3-11,13H,1,12,14H2,2H3,(H,23,27). The Bertz CT molecular complexity index is 1180. The maximum atomic E-state index is 12.4. The number of hydrogen-bond acceptors (Lipinski definition) is 5. The fourth-order valence-electron chi connectivity index (χ4n) is 3.07. The van der Waals surface area contributed by atoms with Gasteiger partial charge in [-0.2, -0.15) is 0 Å². The summed E-state index contributed by atoms with van der Waals surface area (Å²) in [5.41, 5.74) is 2.92. The molecule has 4 rings (SSSR count). The molecule has 0 saturated carbocycles. The quantitative estimate of drug-likeness (QED) is 0.322. The Kier molecular flexibility index (Phi) is 5.78. The summed E-state index contributed by atoms with van der Waals surface area (Å²) in [5.74, 6) is 0.984.